The van der Waals surface area contributed by atoms with Crippen molar-refractivity contribution >= 4 is 5.69 Å². The fraction of sp³-hybridized carbons (Fsp3) is 0.364. The summed E-state index contributed by atoms with van der Waals surface area (Å²) >= 11 is 0. The first-order valence-corrected chi connectivity index (χ1v) is 9.25. The van der Waals surface area contributed by atoms with Gasteiger partial charge in [0.05, 0.1) is 18.3 Å². The first kappa shape index (κ1) is 16.1. The van der Waals surface area contributed by atoms with Crippen LogP contribution in [0, 0.1) is 5.92 Å². The Balaban J connectivity index is 1.70. The minimum Gasteiger partial charge on any atom is -0.508 e. The highest BCUT2D eigenvalue weighted by Gasteiger charge is 2.38. The van der Waals surface area contributed by atoms with E-state index in [1.807, 2.05) is 12.1 Å². The molecule has 0 spiro atoms. The fourth-order valence-electron chi connectivity index (χ4n) is 4.05. The van der Waals surface area contributed by atoms with Crippen LogP contribution in [0.4, 0.5) is 5.69 Å². The first-order valence-electron chi connectivity index (χ1n) is 9.25. The molecule has 3 nitrogen and oxygen atoms in total. The lowest BCUT2D eigenvalue weighted by atomic mass is 9.77. The van der Waals surface area contributed by atoms with Gasteiger partial charge in [0, 0.05) is 5.92 Å². The summed E-state index contributed by atoms with van der Waals surface area (Å²) in [6, 6.07) is 14.2. The highest BCUT2D eigenvalue weighted by atomic mass is 16.5. The molecular weight excluding hydrogens is 310 g/mol. The average molecular weight is 335 g/mol. The third-order valence-corrected chi connectivity index (χ3v) is 5.37. The van der Waals surface area contributed by atoms with E-state index in [9.17, 15) is 5.11 Å². The number of aromatic hydroxyl groups is 1. The molecule has 0 aromatic heterocycles. The van der Waals surface area contributed by atoms with Crippen LogP contribution >= 0.6 is 0 Å². The van der Waals surface area contributed by atoms with Gasteiger partial charge in [-0.15, -0.1) is 0 Å². The van der Waals surface area contributed by atoms with E-state index in [0.29, 0.717) is 17.6 Å². The van der Waals surface area contributed by atoms with Gasteiger partial charge in [-0.2, -0.15) is 0 Å². The van der Waals surface area contributed by atoms with Crippen LogP contribution in [0.2, 0.25) is 0 Å². The van der Waals surface area contributed by atoms with E-state index in [-0.39, 0.29) is 6.04 Å². The predicted molar refractivity (Wildman–Crippen MR) is 101 cm³/mol. The molecule has 25 heavy (non-hydrogen) atoms. The van der Waals surface area contributed by atoms with Gasteiger partial charge in [-0.25, -0.2) is 0 Å². The number of unbranched alkanes of at least 4 members (excludes halogenated alkanes) is 1. The summed E-state index contributed by atoms with van der Waals surface area (Å²) in [5, 5.41) is 13.4. The van der Waals surface area contributed by atoms with Crippen molar-refractivity contribution in [2.24, 2.45) is 5.92 Å². The van der Waals surface area contributed by atoms with Crippen LogP contribution in [0.3, 0.4) is 0 Å². The summed E-state index contributed by atoms with van der Waals surface area (Å²) < 4.78 is 6.07. The zero-order chi connectivity index (χ0) is 17.2. The Morgan fingerprint density at radius 2 is 2.00 bits per heavy atom. The molecule has 2 aromatic carbocycles. The SMILES string of the molecule is CCCCOc1cccc2c1NC(c1ccc(O)cc1)C1CC=CC21. The molecule has 1 heterocycles. The van der Waals surface area contributed by atoms with Crippen LogP contribution in [0.5, 0.6) is 11.5 Å². The van der Waals surface area contributed by atoms with Crippen LogP contribution in [0.1, 0.15) is 49.3 Å². The van der Waals surface area contributed by atoms with E-state index >= 15 is 0 Å². The summed E-state index contributed by atoms with van der Waals surface area (Å²) in [5.74, 6) is 2.19. The second-order valence-corrected chi connectivity index (χ2v) is 6.99. The monoisotopic (exact) mass is 335 g/mol. The van der Waals surface area contributed by atoms with Crippen molar-refractivity contribution in [1.82, 2.24) is 0 Å². The Kier molecular flexibility index (Phi) is 4.39. The lowest BCUT2D eigenvalue weighted by Crippen LogP contribution is -2.29. The largest absolute Gasteiger partial charge is 0.508 e. The fourth-order valence-corrected chi connectivity index (χ4v) is 4.05. The van der Waals surface area contributed by atoms with E-state index in [4.69, 9.17) is 4.74 Å². The average Bonchev–Trinajstić information content (AvgIpc) is 3.12. The van der Waals surface area contributed by atoms with Gasteiger partial charge in [0.15, 0.2) is 0 Å². The van der Waals surface area contributed by atoms with Gasteiger partial charge in [-0.1, -0.05) is 49.8 Å². The van der Waals surface area contributed by atoms with Crippen molar-refractivity contribution in [2.45, 2.75) is 38.1 Å². The first-order chi connectivity index (χ1) is 12.3. The zero-order valence-corrected chi connectivity index (χ0v) is 14.6. The van der Waals surface area contributed by atoms with Gasteiger partial charge in [0.1, 0.15) is 11.5 Å². The van der Waals surface area contributed by atoms with E-state index < -0.39 is 0 Å². The van der Waals surface area contributed by atoms with Crippen molar-refractivity contribution in [3.05, 3.63) is 65.7 Å². The van der Waals surface area contributed by atoms with Crippen LogP contribution < -0.4 is 10.1 Å². The van der Waals surface area contributed by atoms with Crippen molar-refractivity contribution in [2.75, 3.05) is 11.9 Å². The van der Waals surface area contributed by atoms with Crippen molar-refractivity contribution in [3.63, 3.8) is 0 Å². The Morgan fingerprint density at radius 1 is 1.16 bits per heavy atom. The number of phenols is 1. The normalized spacial score (nSPS) is 23.6. The maximum atomic E-state index is 9.61. The van der Waals surface area contributed by atoms with Gasteiger partial charge in [-0.05, 0) is 48.1 Å². The highest BCUT2D eigenvalue weighted by molar-refractivity contribution is 5.67. The summed E-state index contributed by atoms with van der Waals surface area (Å²) in [6.45, 7) is 2.93. The molecule has 0 fully saturated rings. The molecule has 130 valence electrons. The van der Waals surface area contributed by atoms with Crippen molar-refractivity contribution in [3.8, 4) is 11.5 Å². The summed E-state index contributed by atoms with van der Waals surface area (Å²) in [6.07, 6.45) is 7.91. The summed E-state index contributed by atoms with van der Waals surface area (Å²) in [7, 11) is 0. The van der Waals surface area contributed by atoms with E-state index in [1.165, 1.54) is 11.1 Å². The van der Waals surface area contributed by atoms with Gasteiger partial charge in [0.25, 0.3) is 0 Å². The lowest BCUT2D eigenvalue weighted by Gasteiger charge is -2.38. The number of allylic oxidation sites excluding steroid dienone is 2. The molecule has 1 aliphatic heterocycles. The second-order valence-electron chi connectivity index (χ2n) is 6.99. The number of anilines is 1. The van der Waals surface area contributed by atoms with Crippen LogP contribution in [-0.4, -0.2) is 11.7 Å². The van der Waals surface area contributed by atoms with E-state index in [2.05, 4.69) is 42.6 Å². The van der Waals surface area contributed by atoms with Gasteiger partial charge < -0.3 is 15.2 Å². The number of ether oxygens (including phenoxy) is 1. The molecule has 4 rings (SSSR count). The number of para-hydroxylation sites is 1. The molecule has 0 radical (unpaired) electrons. The molecule has 2 aliphatic rings. The molecule has 1 aliphatic carbocycles. The van der Waals surface area contributed by atoms with E-state index in [0.717, 1.165) is 37.3 Å². The number of phenolic OH excluding ortho intramolecular Hbond substituents is 1. The standard InChI is InChI=1S/C22H25NO2/c1-2-3-14-25-20-9-5-8-19-17-6-4-7-18(17)21(23-22(19)20)15-10-12-16(24)13-11-15/h4-6,8-13,17-18,21,23-24H,2-3,7,14H2,1H3. The molecule has 0 saturated carbocycles. The number of nitrogens with one attached hydrogen (secondary N) is 1. The Bertz CT molecular complexity index is 766. The number of hydrogen-bond donors (Lipinski definition) is 2. The van der Waals surface area contributed by atoms with Crippen molar-refractivity contribution in [1.29, 1.82) is 0 Å². The van der Waals surface area contributed by atoms with Gasteiger partial charge >= 0.3 is 0 Å². The molecule has 2 aromatic rings. The van der Waals surface area contributed by atoms with Crippen molar-refractivity contribution < 1.29 is 9.84 Å². The lowest BCUT2D eigenvalue weighted by molar-refractivity contribution is 0.308. The number of rotatable bonds is 5. The third kappa shape index (κ3) is 2.99. The highest BCUT2D eigenvalue weighted by Crippen LogP contribution is 2.52. The molecule has 0 amide bonds. The number of benzene rings is 2. The van der Waals surface area contributed by atoms with Crippen LogP contribution in [-0.2, 0) is 0 Å². The maximum absolute atomic E-state index is 9.61. The number of fused-ring (bicyclic) bond motifs is 3. The molecule has 0 bridgehead atoms. The zero-order valence-electron chi connectivity index (χ0n) is 14.6. The minimum absolute atomic E-state index is 0.226. The Morgan fingerprint density at radius 3 is 2.80 bits per heavy atom. The Hall–Kier alpha value is -2.42. The van der Waals surface area contributed by atoms with Crippen LogP contribution in [0.25, 0.3) is 0 Å². The molecule has 3 atom stereocenters. The van der Waals surface area contributed by atoms with E-state index in [1.54, 1.807) is 12.1 Å². The predicted octanol–water partition coefficient (Wildman–Crippen LogP) is 5.40. The Labute approximate surface area is 149 Å². The number of hydrogen-bond acceptors (Lipinski definition) is 3. The quantitative estimate of drug-likeness (QED) is 0.568. The topological polar surface area (TPSA) is 41.5 Å². The summed E-state index contributed by atoms with van der Waals surface area (Å²) in [4.78, 5) is 0. The molecule has 3 heteroatoms. The summed E-state index contributed by atoms with van der Waals surface area (Å²) in [5.41, 5.74) is 3.68. The molecule has 0 saturated heterocycles. The van der Waals surface area contributed by atoms with Gasteiger partial charge in [0.2, 0.25) is 0 Å². The minimum atomic E-state index is 0.226. The molecular formula is C22H25NO2. The smallest absolute Gasteiger partial charge is 0.142 e. The maximum Gasteiger partial charge on any atom is 0.142 e. The molecule has 2 N–H and O–H groups in total. The third-order valence-electron chi connectivity index (χ3n) is 5.37. The second kappa shape index (κ2) is 6.83. The molecule has 3 unspecified atom stereocenters. The van der Waals surface area contributed by atoms with Crippen LogP contribution in [0.15, 0.2) is 54.6 Å². The van der Waals surface area contributed by atoms with Gasteiger partial charge in [-0.3, -0.25) is 0 Å².